The highest BCUT2D eigenvalue weighted by atomic mass is 16.6. The minimum absolute atomic E-state index is 0.0992. The smallest absolute Gasteiger partial charge is 0.274 e. The molecular formula is C17H23N5O2. The van der Waals surface area contributed by atoms with Crippen molar-refractivity contribution in [1.29, 1.82) is 0 Å². The zero-order chi connectivity index (χ0) is 17.5. The number of aryl methyl sites for hydroxylation is 1. The standard InChI is InChI=1S/C17H23N5O2/c1-4-18-17(21(3)13-15-9-7-11-20(15)2)19-12-14-8-5-6-10-16(14)22(23)24/h5-11H,4,12-13H2,1-3H3,(H,18,19). The Kier molecular flexibility index (Phi) is 5.95. The summed E-state index contributed by atoms with van der Waals surface area (Å²) < 4.78 is 2.06. The summed E-state index contributed by atoms with van der Waals surface area (Å²) in [7, 11) is 3.95. The van der Waals surface area contributed by atoms with Crippen LogP contribution in [0.5, 0.6) is 0 Å². The van der Waals surface area contributed by atoms with Gasteiger partial charge in [-0.2, -0.15) is 0 Å². The van der Waals surface area contributed by atoms with E-state index in [1.165, 1.54) is 6.07 Å². The van der Waals surface area contributed by atoms with Crippen molar-refractivity contribution in [2.75, 3.05) is 13.6 Å². The molecule has 1 aromatic carbocycles. The summed E-state index contributed by atoms with van der Waals surface area (Å²) in [4.78, 5) is 17.3. The summed E-state index contributed by atoms with van der Waals surface area (Å²) >= 11 is 0. The van der Waals surface area contributed by atoms with Crippen LogP contribution in [0, 0.1) is 10.1 Å². The van der Waals surface area contributed by atoms with Crippen LogP contribution in [0.1, 0.15) is 18.2 Å². The molecule has 0 radical (unpaired) electrons. The molecule has 0 amide bonds. The third-order valence-electron chi connectivity index (χ3n) is 3.73. The second kappa shape index (κ2) is 8.14. The van der Waals surface area contributed by atoms with Crippen LogP contribution in [0.2, 0.25) is 0 Å². The lowest BCUT2D eigenvalue weighted by Gasteiger charge is -2.22. The van der Waals surface area contributed by atoms with E-state index < -0.39 is 0 Å². The second-order valence-electron chi connectivity index (χ2n) is 5.52. The highest BCUT2D eigenvalue weighted by Crippen LogP contribution is 2.18. The molecule has 0 atom stereocenters. The van der Waals surface area contributed by atoms with Crippen LogP contribution in [0.25, 0.3) is 0 Å². The first kappa shape index (κ1) is 17.5. The number of para-hydroxylation sites is 1. The number of nitro groups is 1. The average Bonchev–Trinajstić information content (AvgIpc) is 2.96. The molecule has 2 rings (SSSR count). The maximum Gasteiger partial charge on any atom is 0.274 e. The topological polar surface area (TPSA) is 75.7 Å². The first-order valence-electron chi connectivity index (χ1n) is 7.85. The number of benzene rings is 1. The van der Waals surface area contributed by atoms with E-state index in [1.807, 2.05) is 38.2 Å². The van der Waals surface area contributed by atoms with E-state index in [-0.39, 0.29) is 17.2 Å². The molecule has 0 saturated carbocycles. The number of nitrogens with zero attached hydrogens (tertiary/aromatic N) is 4. The van der Waals surface area contributed by atoms with Crippen LogP contribution in [-0.4, -0.2) is 33.9 Å². The minimum Gasteiger partial charge on any atom is -0.357 e. The van der Waals surface area contributed by atoms with Gasteiger partial charge in [-0.25, -0.2) is 4.99 Å². The number of aromatic nitrogens is 1. The molecule has 128 valence electrons. The molecule has 0 fully saturated rings. The lowest BCUT2D eigenvalue weighted by molar-refractivity contribution is -0.385. The molecule has 24 heavy (non-hydrogen) atoms. The zero-order valence-corrected chi connectivity index (χ0v) is 14.3. The molecule has 0 spiro atoms. The van der Waals surface area contributed by atoms with E-state index in [2.05, 4.69) is 20.9 Å². The molecule has 0 bridgehead atoms. The summed E-state index contributed by atoms with van der Waals surface area (Å²) in [6.07, 6.45) is 2.00. The summed E-state index contributed by atoms with van der Waals surface area (Å²) in [5.74, 6) is 0.719. The molecule has 0 unspecified atom stereocenters. The van der Waals surface area contributed by atoms with Crippen LogP contribution < -0.4 is 5.32 Å². The molecular weight excluding hydrogens is 306 g/mol. The van der Waals surface area contributed by atoms with Crippen molar-refractivity contribution in [2.45, 2.75) is 20.0 Å². The molecule has 1 N–H and O–H groups in total. The number of hydrogen-bond acceptors (Lipinski definition) is 3. The van der Waals surface area contributed by atoms with E-state index in [4.69, 9.17) is 0 Å². The Morgan fingerprint density at radius 2 is 2.08 bits per heavy atom. The van der Waals surface area contributed by atoms with Crippen LogP contribution in [-0.2, 0) is 20.1 Å². The van der Waals surface area contributed by atoms with Gasteiger partial charge in [0.2, 0.25) is 0 Å². The first-order valence-corrected chi connectivity index (χ1v) is 7.85. The Morgan fingerprint density at radius 3 is 2.71 bits per heavy atom. The van der Waals surface area contributed by atoms with Crippen molar-refractivity contribution in [3.63, 3.8) is 0 Å². The Balaban J connectivity index is 2.16. The second-order valence-corrected chi connectivity index (χ2v) is 5.52. The van der Waals surface area contributed by atoms with Crippen molar-refractivity contribution < 1.29 is 4.92 Å². The van der Waals surface area contributed by atoms with Gasteiger partial charge in [-0.15, -0.1) is 0 Å². The molecule has 2 aromatic rings. The molecule has 1 heterocycles. The fraction of sp³-hybridized carbons (Fsp3) is 0.353. The van der Waals surface area contributed by atoms with E-state index in [9.17, 15) is 10.1 Å². The van der Waals surface area contributed by atoms with E-state index in [1.54, 1.807) is 18.2 Å². The normalized spacial score (nSPS) is 11.4. The van der Waals surface area contributed by atoms with Gasteiger partial charge in [0.15, 0.2) is 5.96 Å². The number of nitrogens with one attached hydrogen (secondary N) is 1. The predicted molar refractivity (Wildman–Crippen MR) is 94.8 cm³/mol. The van der Waals surface area contributed by atoms with Crippen molar-refractivity contribution in [1.82, 2.24) is 14.8 Å². The van der Waals surface area contributed by atoms with Crippen molar-refractivity contribution in [3.05, 3.63) is 64.0 Å². The van der Waals surface area contributed by atoms with Gasteiger partial charge in [0, 0.05) is 38.6 Å². The SMILES string of the molecule is CCNC(=NCc1ccccc1[N+](=O)[O-])N(C)Cc1cccn1C. The largest absolute Gasteiger partial charge is 0.357 e. The maximum absolute atomic E-state index is 11.1. The summed E-state index contributed by atoms with van der Waals surface area (Å²) in [5.41, 5.74) is 1.86. The van der Waals surface area contributed by atoms with Crippen LogP contribution in [0.3, 0.4) is 0 Å². The number of guanidine groups is 1. The summed E-state index contributed by atoms with van der Waals surface area (Å²) in [6.45, 7) is 3.69. The fourth-order valence-corrected chi connectivity index (χ4v) is 2.43. The quantitative estimate of drug-likeness (QED) is 0.382. The molecule has 0 aliphatic heterocycles. The molecule has 0 saturated heterocycles. The van der Waals surface area contributed by atoms with Gasteiger partial charge in [0.05, 0.1) is 23.6 Å². The van der Waals surface area contributed by atoms with Crippen LogP contribution in [0.4, 0.5) is 5.69 Å². The summed E-state index contributed by atoms with van der Waals surface area (Å²) in [6, 6.07) is 10.8. The minimum atomic E-state index is -0.370. The van der Waals surface area contributed by atoms with Crippen LogP contribution >= 0.6 is 0 Å². The molecule has 0 aliphatic carbocycles. The van der Waals surface area contributed by atoms with Gasteiger partial charge < -0.3 is 14.8 Å². The Hall–Kier alpha value is -2.83. The van der Waals surface area contributed by atoms with E-state index >= 15 is 0 Å². The van der Waals surface area contributed by atoms with Gasteiger partial charge in [0.1, 0.15) is 0 Å². The zero-order valence-electron chi connectivity index (χ0n) is 14.3. The highest BCUT2D eigenvalue weighted by Gasteiger charge is 2.13. The highest BCUT2D eigenvalue weighted by molar-refractivity contribution is 5.79. The summed E-state index contributed by atoms with van der Waals surface area (Å²) in [5, 5.41) is 14.3. The molecule has 7 nitrogen and oxygen atoms in total. The third-order valence-corrected chi connectivity index (χ3v) is 3.73. The predicted octanol–water partition coefficient (Wildman–Crippen LogP) is 2.53. The Labute approximate surface area is 141 Å². The number of nitro benzene ring substituents is 1. The van der Waals surface area contributed by atoms with Gasteiger partial charge in [-0.05, 0) is 19.1 Å². The average molecular weight is 329 g/mol. The molecule has 1 aromatic heterocycles. The monoisotopic (exact) mass is 329 g/mol. The lowest BCUT2D eigenvalue weighted by Crippen LogP contribution is -2.38. The Morgan fingerprint density at radius 1 is 1.33 bits per heavy atom. The van der Waals surface area contributed by atoms with E-state index in [0.717, 1.165) is 18.2 Å². The van der Waals surface area contributed by atoms with Gasteiger partial charge >= 0.3 is 0 Å². The van der Waals surface area contributed by atoms with Crippen molar-refractivity contribution in [2.24, 2.45) is 12.0 Å². The van der Waals surface area contributed by atoms with Gasteiger partial charge in [-0.3, -0.25) is 10.1 Å². The number of rotatable bonds is 6. The van der Waals surface area contributed by atoms with Gasteiger partial charge in [-0.1, -0.05) is 18.2 Å². The first-order chi connectivity index (χ1) is 11.5. The van der Waals surface area contributed by atoms with Crippen molar-refractivity contribution >= 4 is 11.6 Å². The maximum atomic E-state index is 11.1. The van der Waals surface area contributed by atoms with Crippen LogP contribution in [0.15, 0.2) is 47.6 Å². The third kappa shape index (κ3) is 4.34. The number of aliphatic imine (C=N–C) groups is 1. The number of hydrogen-bond donors (Lipinski definition) is 1. The lowest BCUT2D eigenvalue weighted by atomic mass is 10.2. The van der Waals surface area contributed by atoms with Crippen molar-refractivity contribution in [3.8, 4) is 0 Å². The fourth-order valence-electron chi connectivity index (χ4n) is 2.43. The molecule has 7 heteroatoms. The Bertz CT molecular complexity index is 723. The molecule has 0 aliphatic rings. The van der Waals surface area contributed by atoms with E-state index in [0.29, 0.717) is 12.1 Å². The van der Waals surface area contributed by atoms with Gasteiger partial charge in [0.25, 0.3) is 5.69 Å².